The summed E-state index contributed by atoms with van der Waals surface area (Å²) in [6.45, 7) is 0. The summed E-state index contributed by atoms with van der Waals surface area (Å²) in [6.07, 6.45) is 2.52. The minimum atomic E-state index is -4.55. The van der Waals surface area contributed by atoms with Crippen LogP contribution in [0.1, 0.15) is 24.8 Å². The molecule has 23 heavy (non-hydrogen) atoms. The molecule has 124 valence electrons. The molecule has 0 heterocycles. The van der Waals surface area contributed by atoms with E-state index in [0.29, 0.717) is 24.8 Å². The Morgan fingerprint density at radius 1 is 1.09 bits per heavy atom. The second kappa shape index (κ2) is 7.00. The Balaban J connectivity index is 2.08. The lowest BCUT2D eigenvalue weighted by Gasteiger charge is -2.20. The Morgan fingerprint density at radius 2 is 1.74 bits per heavy atom. The molecule has 1 aliphatic rings. The predicted octanol–water partition coefficient (Wildman–Crippen LogP) is 2.07. The summed E-state index contributed by atoms with van der Waals surface area (Å²) in [5.74, 6) is -0.500. The van der Waals surface area contributed by atoms with Crippen LogP contribution in [0.25, 0.3) is 0 Å². The number of hydrogen-bond donors (Lipinski definition) is 5. The van der Waals surface area contributed by atoms with Gasteiger partial charge < -0.3 is 20.0 Å². The number of phenolic OH excluding ortho intramolecular Hbond substituents is 1. The highest BCUT2D eigenvalue weighted by atomic mass is 31.2. The third kappa shape index (κ3) is 5.25. The van der Waals surface area contributed by atoms with Gasteiger partial charge in [-0.05, 0) is 37.0 Å². The fourth-order valence-electron chi connectivity index (χ4n) is 2.42. The molecular weight excluding hydrogens is 321 g/mol. The number of aliphatic hydroxyl groups is 1. The van der Waals surface area contributed by atoms with E-state index < -0.39 is 13.5 Å². The van der Waals surface area contributed by atoms with Gasteiger partial charge in [-0.1, -0.05) is 12.1 Å². The molecule has 0 fully saturated rings. The molecule has 8 heteroatoms. The zero-order valence-corrected chi connectivity index (χ0v) is 13.2. The summed E-state index contributed by atoms with van der Waals surface area (Å²) in [6, 6.07) is 6.70. The van der Waals surface area contributed by atoms with Gasteiger partial charge in [-0.2, -0.15) is 0 Å². The highest BCUT2D eigenvalue weighted by molar-refractivity contribution is 7.49. The maximum atomic E-state index is 11.5. The van der Waals surface area contributed by atoms with Gasteiger partial charge in [-0.3, -0.25) is 9.88 Å². The van der Waals surface area contributed by atoms with Crippen molar-refractivity contribution in [2.75, 3.05) is 0 Å². The maximum Gasteiger partial charge on any atom is 0.427 e. The van der Waals surface area contributed by atoms with Crippen molar-refractivity contribution in [3.05, 3.63) is 52.9 Å². The summed E-state index contributed by atoms with van der Waals surface area (Å²) in [7, 11) is -4.55. The first-order valence-electron chi connectivity index (χ1n) is 7.02. The van der Waals surface area contributed by atoms with Crippen LogP contribution in [0.3, 0.4) is 0 Å². The minimum absolute atomic E-state index is 0.0639. The average molecular weight is 339 g/mol. The normalized spacial score (nSPS) is 15.6. The first-order valence-corrected chi connectivity index (χ1v) is 8.63. The van der Waals surface area contributed by atoms with Crippen molar-refractivity contribution in [1.29, 1.82) is 0 Å². The van der Waals surface area contributed by atoms with Crippen LogP contribution in [-0.4, -0.2) is 25.8 Å². The molecule has 1 aromatic carbocycles. The molecular formula is C15H18NO6P. The van der Waals surface area contributed by atoms with Gasteiger partial charge in [0.15, 0.2) is 5.78 Å². The van der Waals surface area contributed by atoms with Gasteiger partial charge in [0.25, 0.3) is 0 Å². The van der Waals surface area contributed by atoms with Gasteiger partial charge >= 0.3 is 7.75 Å². The van der Waals surface area contributed by atoms with E-state index in [1.54, 1.807) is 24.3 Å². The minimum Gasteiger partial charge on any atom is -0.508 e. The first kappa shape index (κ1) is 17.3. The van der Waals surface area contributed by atoms with Crippen LogP contribution in [0.5, 0.6) is 5.75 Å². The van der Waals surface area contributed by atoms with Crippen LogP contribution >= 0.6 is 7.75 Å². The van der Waals surface area contributed by atoms with Crippen molar-refractivity contribution in [1.82, 2.24) is 5.09 Å². The topological polar surface area (TPSA) is 127 Å². The summed E-state index contributed by atoms with van der Waals surface area (Å²) < 4.78 is 11.1. The highest BCUT2D eigenvalue weighted by Crippen LogP contribution is 2.35. The molecule has 0 aliphatic heterocycles. The van der Waals surface area contributed by atoms with Crippen LogP contribution in [0, 0.1) is 0 Å². The monoisotopic (exact) mass is 339 g/mol. The Hall–Kier alpha value is -2.08. The van der Waals surface area contributed by atoms with E-state index in [9.17, 15) is 19.6 Å². The van der Waals surface area contributed by atoms with Gasteiger partial charge in [0, 0.05) is 17.3 Å². The maximum absolute atomic E-state index is 11.5. The lowest BCUT2D eigenvalue weighted by molar-refractivity contribution is -0.114. The number of nitrogens with one attached hydrogen (secondary N) is 1. The van der Waals surface area contributed by atoms with Crippen molar-refractivity contribution in [3.8, 4) is 5.75 Å². The van der Waals surface area contributed by atoms with Crippen molar-refractivity contribution in [2.24, 2.45) is 0 Å². The second-order valence-electron chi connectivity index (χ2n) is 5.31. The molecule has 0 saturated heterocycles. The number of phenols is 1. The molecule has 5 N–H and O–H groups in total. The molecule has 0 saturated carbocycles. The zero-order chi connectivity index (χ0) is 17.0. The average Bonchev–Trinajstić information content (AvgIpc) is 2.42. The van der Waals surface area contributed by atoms with Gasteiger partial charge in [-0.15, -0.1) is 0 Å². The van der Waals surface area contributed by atoms with Gasteiger partial charge in [0.05, 0.1) is 6.42 Å². The summed E-state index contributed by atoms with van der Waals surface area (Å²) >= 11 is 0. The molecule has 0 bridgehead atoms. The van der Waals surface area contributed by atoms with E-state index >= 15 is 0 Å². The molecule has 0 aromatic heterocycles. The third-order valence-corrected chi connectivity index (χ3v) is 3.99. The Kier molecular flexibility index (Phi) is 5.26. The number of aromatic hydroxyl groups is 1. The number of ketones is 1. The molecule has 0 spiro atoms. The second-order valence-corrected chi connectivity index (χ2v) is 6.62. The predicted molar refractivity (Wildman–Crippen MR) is 83.6 cm³/mol. The largest absolute Gasteiger partial charge is 0.508 e. The number of aryl methyl sites for hydroxylation is 1. The van der Waals surface area contributed by atoms with E-state index in [2.05, 4.69) is 0 Å². The number of hydrogen-bond acceptors (Lipinski definition) is 4. The first-order chi connectivity index (χ1) is 10.7. The van der Waals surface area contributed by atoms with E-state index in [1.165, 1.54) is 0 Å². The van der Waals surface area contributed by atoms with Crippen LogP contribution in [0.15, 0.2) is 47.4 Å². The molecule has 0 atom stereocenters. The zero-order valence-electron chi connectivity index (χ0n) is 12.3. The third-order valence-electron chi connectivity index (χ3n) is 3.43. The van der Waals surface area contributed by atoms with Gasteiger partial charge in [0.2, 0.25) is 0 Å². The van der Waals surface area contributed by atoms with Gasteiger partial charge in [-0.25, -0.2) is 4.57 Å². The smallest absolute Gasteiger partial charge is 0.427 e. The van der Waals surface area contributed by atoms with E-state index in [0.717, 1.165) is 11.6 Å². The molecule has 7 nitrogen and oxygen atoms in total. The van der Waals surface area contributed by atoms with Crippen LogP contribution in [0.4, 0.5) is 0 Å². The number of benzene rings is 1. The van der Waals surface area contributed by atoms with Crippen molar-refractivity contribution < 1.29 is 29.4 Å². The summed E-state index contributed by atoms with van der Waals surface area (Å²) in [5, 5.41) is 21.1. The van der Waals surface area contributed by atoms with Crippen molar-refractivity contribution in [2.45, 2.75) is 25.7 Å². The standard InChI is InChI=1S/C15H18NO6P/c17-11-6-4-10(5-7-11)2-1-3-13-14(16-23(20,21)22)8-12(18)9-15(13)19/h4-7,9,17,19H,1-3,8H2,(H3,16,20,21,22). The molecule has 2 rings (SSSR count). The Bertz CT molecular complexity index is 701. The molecule has 1 aliphatic carbocycles. The van der Waals surface area contributed by atoms with Crippen LogP contribution < -0.4 is 5.09 Å². The number of carbonyl (C=O) groups excluding carboxylic acids is 1. The molecule has 0 unspecified atom stereocenters. The Labute approximate surface area is 133 Å². The summed E-state index contributed by atoms with van der Waals surface area (Å²) in [5.41, 5.74) is 1.39. The van der Waals surface area contributed by atoms with E-state index in [4.69, 9.17) is 9.79 Å². The van der Waals surface area contributed by atoms with E-state index in [1.807, 2.05) is 5.09 Å². The van der Waals surface area contributed by atoms with Crippen molar-refractivity contribution >= 4 is 13.5 Å². The number of carbonyl (C=O) groups is 1. The molecule has 0 amide bonds. The van der Waals surface area contributed by atoms with Crippen molar-refractivity contribution in [3.63, 3.8) is 0 Å². The highest BCUT2D eigenvalue weighted by Gasteiger charge is 2.24. The fraction of sp³-hybridized carbons (Fsp3) is 0.267. The van der Waals surface area contributed by atoms with E-state index in [-0.39, 0.29) is 23.6 Å². The number of rotatable bonds is 6. The quantitative estimate of drug-likeness (QED) is 0.502. The Morgan fingerprint density at radius 3 is 2.35 bits per heavy atom. The lowest BCUT2D eigenvalue weighted by atomic mass is 9.95. The molecule has 0 radical (unpaired) electrons. The van der Waals surface area contributed by atoms with Crippen LogP contribution in [-0.2, 0) is 15.8 Å². The number of allylic oxidation sites excluding steroid dienone is 3. The summed E-state index contributed by atoms with van der Waals surface area (Å²) in [4.78, 5) is 29.5. The molecule has 1 aromatic rings. The fourth-order valence-corrected chi connectivity index (χ4v) is 2.99. The van der Waals surface area contributed by atoms with Crippen LogP contribution in [0.2, 0.25) is 0 Å². The number of aliphatic hydroxyl groups excluding tert-OH is 1. The lowest BCUT2D eigenvalue weighted by Crippen LogP contribution is -2.19. The SMILES string of the molecule is O=C1C=C(O)C(CCCc2ccc(O)cc2)=C(NP(=O)(O)O)C1. The van der Waals surface area contributed by atoms with Gasteiger partial charge in [0.1, 0.15) is 11.5 Å².